The van der Waals surface area contributed by atoms with Gasteiger partial charge in [0, 0.05) is 55.8 Å². The zero-order valence-corrected chi connectivity index (χ0v) is 20.3. The SMILES string of the molecule is [C-]#[N+]c1ccc2[nH]cc(CCCN3CCN(c4ncc(-c5nc(C)c(C(N)=O)s5)cn4)CC3)c2c1. The Bertz CT molecular complexity index is 1390. The quantitative estimate of drug-likeness (QED) is 0.385. The first-order valence-corrected chi connectivity index (χ1v) is 12.4. The van der Waals surface area contributed by atoms with E-state index in [2.05, 4.69) is 40.8 Å². The van der Waals surface area contributed by atoms with Gasteiger partial charge in [0.15, 0.2) is 5.69 Å². The molecule has 0 bridgehead atoms. The van der Waals surface area contributed by atoms with E-state index in [1.165, 1.54) is 16.9 Å². The number of primary amides is 1. The maximum absolute atomic E-state index is 11.5. The molecule has 9 nitrogen and oxygen atoms in total. The molecule has 1 aliphatic rings. The van der Waals surface area contributed by atoms with E-state index in [4.69, 9.17) is 12.3 Å². The topological polar surface area (TPSA) is 108 Å². The number of carbonyl (C=O) groups excluding carboxylic acids is 1. The van der Waals surface area contributed by atoms with E-state index < -0.39 is 5.91 Å². The molecule has 1 aromatic carbocycles. The lowest BCUT2D eigenvalue weighted by atomic mass is 10.1. The van der Waals surface area contributed by atoms with Crippen LogP contribution in [0.2, 0.25) is 0 Å². The van der Waals surface area contributed by atoms with Crippen LogP contribution < -0.4 is 10.6 Å². The van der Waals surface area contributed by atoms with Crippen molar-refractivity contribution in [2.24, 2.45) is 5.73 Å². The van der Waals surface area contributed by atoms with Crippen molar-refractivity contribution in [2.75, 3.05) is 37.6 Å². The number of carbonyl (C=O) groups is 1. The van der Waals surface area contributed by atoms with Crippen LogP contribution in [0.25, 0.3) is 26.3 Å². The number of nitrogens with one attached hydrogen (secondary N) is 1. The minimum atomic E-state index is -0.461. The third-order valence-corrected chi connectivity index (χ3v) is 7.58. The third-order valence-electron chi connectivity index (χ3n) is 6.36. The van der Waals surface area contributed by atoms with Crippen LogP contribution in [0, 0.1) is 13.5 Å². The summed E-state index contributed by atoms with van der Waals surface area (Å²) in [7, 11) is 0. The van der Waals surface area contributed by atoms with Crippen LogP contribution in [0.5, 0.6) is 0 Å². The van der Waals surface area contributed by atoms with Crippen molar-refractivity contribution in [1.82, 2.24) is 24.8 Å². The van der Waals surface area contributed by atoms with Gasteiger partial charge in [-0.1, -0.05) is 6.07 Å². The Labute approximate surface area is 207 Å². The summed E-state index contributed by atoms with van der Waals surface area (Å²) in [5, 5.41) is 1.86. The number of rotatable bonds is 7. The van der Waals surface area contributed by atoms with Crippen LogP contribution in [0.1, 0.15) is 27.3 Å². The van der Waals surface area contributed by atoms with Crippen molar-refractivity contribution < 1.29 is 4.79 Å². The molecule has 1 aliphatic heterocycles. The molecule has 35 heavy (non-hydrogen) atoms. The average molecular weight is 487 g/mol. The number of nitrogens with zero attached hydrogens (tertiary/aromatic N) is 6. The zero-order valence-electron chi connectivity index (χ0n) is 19.5. The number of thiazole rings is 1. The predicted octanol–water partition coefficient (Wildman–Crippen LogP) is 3.79. The summed E-state index contributed by atoms with van der Waals surface area (Å²) in [6, 6.07) is 5.81. The largest absolute Gasteiger partial charge is 0.365 e. The molecule has 0 aliphatic carbocycles. The zero-order chi connectivity index (χ0) is 24.4. The van der Waals surface area contributed by atoms with Crippen molar-refractivity contribution in [3.05, 3.63) is 64.3 Å². The Morgan fingerprint density at radius 3 is 2.69 bits per heavy atom. The van der Waals surface area contributed by atoms with Crippen molar-refractivity contribution in [3.63, 3.8) is 0 Å². The Kier molecular flexibility index (Phi) is 6.44. The minimum Gasteiger partial charge on any atom is -0.365 e. The number of fused-ring (bicyclic) bond motifs is 1. The van der Waals surface area contributed by atoms with Crippen LogP contribution in [0.4, 0.5) is 11.6 Å². The molecule has 3 aromatic heterocycles. The van der Waals surface area contributed by atoms with Crippen molar-refractivity contribution in [3.8, 4) is 10.6 Å². The van der Waals surface area contributed by atoms with E-state index in [0.29, 0.717) is 27.2 Å². The molecule has 1 saturated heterocycles. The normalized spacial score (nSPS) is 14.3. The van der Waals surface area contributed by atoms with Crippen LogP contribution >= 0.6 is 11.3 Å². The highest BCUT2D eigenvalue weighted by Gasteiger charge is 2.20. The van der Waals surface area contributed by atoms with Crippen molar-refractivity contribution in [1.29, 1.82) is 0 Å². The van der Waals surface area contributed by atoms with E-state index in [1.807, 2.05) is 18.2 Å². The summed E-state index contributed by atoms with van der Waals surface area (Å²) in [6.07, 6.45) is 7.65. The second-order valence-corrected chi connectivity index (χ2v) is 9.66. The first-order valence-electron chi connectivity index (χ1n) is 11.6. The second kappa shape index (κ2) is 9.82. The van der Waals surface area contributed by atoms with E-state index >= 15 is 0 Å². The second-order valence-electron chi connectivity index (χ2n) is 8.66. The number of piperazine rings is 1. The van der Waals surface area contributed by atoms with Gasteiger partial charge in [-0.05, 0) is 49.4 Å². The number of hydrogen-bond donors (Lipinski definition) is 2. The first kappa shape index (κ1) is 23.0. The molecule has 178 valence electrons. The maximum atomic E-state index is 11.5. The number of aryl methyl sites for hydroxylation is 2. The molecule has 10 heteroatoms. The predicted molar refractivity (Wildman–Crippen MR) is 138 cm³/mol. The summed E-state index contributed by atoms with van der Waals surface area (Å²) >= 11 is 1.27. The Balaban J connectivity index is 1.13. The smallest absolute Gasteiger partial charge is 0.260 e. The van der Waals surface area contributed by atoms with Gasteiger partial charge in [0.25, 0.3) is 5.91 Å². The average Bonchev–Trinajstić information content (AvgIpc) is 3.47. The molecule has 3 N–H and O–H groups in total. The number of aromatic nitrogens is 4. The van der Waals surface area contributed by atoms with Gasteiger partial charge in [0.2, 0.25) is 5.95 Å². The van der Waals surface area contributed by atoms with Gasteiger partial charge in [0.1, 0.15) is 9.88 Å². The molecule has 1 amide bonds. The summed E-state index contributed by atoms with van der Waals surface area (Å²) in [5.74, 6) is 0.253. The van der Waals surface area contributed by atoms with Crippen LogP contribution in [0.3, 0.4) is 0 Å². The molecular formula is C25H26N8OS. The first-order chi connectivity index (χ1) is 17.0. The lowest BCUT2D eigenvalue weighted by molar-refractivity contribution is 0.100. The van der Waals surface area contributed by atoms with E-state index in [1.54, 1.807) is 19.3 Å². The van der Waals surface area contributed by atoms with E-state index in [-0.39, 0.29) is 0 Å². The number of nitrogens with two attached hydrogens (primary N) is 1. The molecule has 0 atom stereocenters. The minimum absolute atomic E-state index is 0.461. The molecule has 0 saturated carbocycles. The number of H-pyrrole nitrogens is 1. The highest BCUT2D eigenvalue weighted by atomic mass is 32.1. The van der Waals surface area contributed by atoms with Gasteiger partial charge in [-0.3, -0.25) is 9.69 Å². The van der Waals surface area contributed by atoms with Crippen molar-refractivity contribution in [2.45, 2.75) is 19.8 Å². The van der Waals surface area contributed by atoms with Gasteiger partial charge in [-0.2, -0.15) is 0 Å². The fraction of sp³-hybridized carbons (Fsp3) is 0.320. The maximum Gasteiger partial charge on any atom is 0.260 e. The van der Waals surface area contributed by atoms with Gasteiger partial charge in [-0.25, -0.2) is 19.8 Å². The van der Waals surface area contributed by atoms with E-state index in [0.717, 1.165) is 62.0 Å². The molecule has 5 rings (SSSR count). The van der Waals surface area contributed by atoms with Gasteiger partial charge >= 0.3 is 0 Å². The Morgan fingerprint density at radius 2 is 2.00 bits per heavy atom. The molecule has 0 spiro atoms. The van der Waals surface area contributed by atoms with Gasteiger partial charge < -0.3 is 15.6 Å². The molecule has 0 radical (unpaired) electrons. The number of amides is 1. The summed E-state index contributed by atoms with van der Waals surface area (Å²) < 4.78 is 0. The standard InChI is InChI=1S/C25H26N8OS/c1-16-22(23(26)34)35-24(31-16)18-14-29-25(30-15-18)33-10-8-32(9-11-33)7-3-4-17-13-28-21-6-5-19(27-2)12-20(17)21/h5-6,12-15,28H,3-4,7-11H2,1H3,(H2,26,34). The summed E-state index contributed by atoms with van der Waals surface area (Å²) in [4.78, 5) is 37.0. The molecule has 0 unspecified atom stereocenters. The highest BCUT2D eigenvalue weighted by Crippen LogP contribution is 2.28. The van der Waals surface area contributed by atoms with Crippen molar-refractivity contribution >= 4 is 39.8 Å². The monoisotopic (exact) mass is 486 g/mol. The highest BCUT2D eigenvalue weighted by molar-refractivity contribution is 7.17. The Hall–Kier alpha value is -3.81. The molecule has 4 aromatic rings. The van der Waals surface area contributed by atoms with Gasteiger partial charge in [0.05, 0.1) is 12.3 Å². The molecule has 1 fully saturated rings. The van der Waals surface area contributed by atoms with Gasteiger partial charge in [-0.15, -0.1) is 11.3 Å². The summed E-state index contributed by atoms with van der Waals surface area (Å²) in [5.41, 5.74) is 9.87. The Morgan fingerprint density at radius 1 is 1.23 bits per heavy atom. The van der Waals surface area contributed by atoms with E-state index in [9.17, 15) is 4.79 Å². The lowest BCUT2D eigenvalue weighted by Gasteiger charge is -2.34. The third kappa shape index (κ3) is 4.87. The van der Waals surface area contributed by atoms with Crippen LogP contribution in [-0.2, 0) is 6.42 Å². The fourth-order valence-electron chi connectivity index (χ4n) is 4.45. The molecular weight excluding hydrogens is 460 g/mol. The van der Waals surface area contributed by atoms with Crippen LogP contribution in [-0.4, -0.2) is 63.5 Å². The number of benzene rings is 1. The fourth-order valence-corrected chi connectivity index (χ4v) is 5.34. The summed E-state index contributed by atoms with van der Waals surface area (Å²) in [6.45, 7) is 13.7. The molecule has 4 heterocycles. The number of hydrogen-bond acceptors (Lipinski definition) is 7. The van der Waals surface area contributed by atoms with Crippen LogP contribution in [0.15, 0.2) is 36.8 Å². The number of aromatic amines is 1. The number of anilines is 1. The lowest BCUT2D eigenvalue weighted by Crippen LogP contribution is -2.47.